The van der Waals surface area contributed by atoms with Crippen molar-refractivity contribution in [1.82, 2.24) is 9.55 Å². The van der Waals surface area contributed by atoms with Crippen LogP contribution in [0.1, 0.15) is 33.7 Å². The summed E-state index contributed by atoms with van der Waals surface area (Å²) in [6.07, 6.45) is -4.44. The molecule has 2 aromatic heterocycles. The topological polar surface area (TPSA) is 118 Å². The second kappa shape index (κ2) is 10.7. The SMILES string of the molecule is Cc1cc(C(F)(F)F)c(-c2ccc(CCC(=O)O)cc2)c(=O)n1C.NC(=O)c1[nH]c2ccccc2c1F. The molecule has 0 aliphatic rings. The van der Waals surface area contributed by atoms with Gasteiger partial charge in [0.15, 0.2) is 5.82 Å². The zero-order chi connectivity index (χ0) is 27.5. The molecular formula is C26H23F4N3O4. The lowest BCUT2D eigenvalue weighted by atomic mass is 9.98. The number of hydrogen-bond donors (Lipinski definition) is 3. The Hall–Kier alpha value is -4.41. The van der Waals surface area contributed by atoms with E-state index >= 15 is 0 Å². The number of rotatable bonds is 5. The number of aromatic nitrogens is 2. The number of nitrogens with zero attached hydrogens (tertiary/aromatic N) is 1. The minimum atomic E-state index is -4.64. The number of benzene rings is 2. The minimum Gasteiger partial charge on any atom is -0.481 e. The second-order valence-electron chi connectivity index (χ2n) is 8.25. The predicted octanol–water partition coefficient (Wildman–Crippen LogP) is 4.80. The first-order chi connectivity index (χ1) is 17.3. The highest BCUT2D eigenvalue weighted by Gasteiger charge is 2.35. The summed E-state index contributed by atoms with van der Waals surface area (Å²) >= 11 is 0. The van der Waals surface area contributed by atoms with E-state index in [9.17, 15) is 31.9 Å². The number of carboxylic acid groups (broad SMARTS) is 1. The molecule has 0 fully saturated rings. The molecule has 11 heteroatoms. The lowest BCUT2D eigenvalue weighted by Gasteiger charge is -2.16. The van der Waals surface area contributed by atoms with E-state index in [-0.39, 0.29) is 29.8 Å². The van der Waals surface area contributed by atoms with Crippen molar-refractivity contribution in [2.45, 2.75) is 25.9 Å². The number of para-hydroxylation sites is 1. The highest BCUT2D eigenvalue weighted by molar-refractivity contribution is 5.97. The number of carbonyl (C=O) groups is 2. The molecule has 37 heavy (non-hydrogen) atoms. The minimum absolute atomic E-state index is 0.0700. The van der Waals surface area contributed by atoms with Crippen molar-refractivity contribution in [2.24, 2.45) is 12.8 Å². The summed E-state index contributed by atoms with van der Waals surface area (Å²) in [5, 5.41) is 9.04. The van der Waals surface area contributed by atoms with Crippen LogP contribution in [0.4, 0.5) is 17.6 Å². The quantitative estimate of drug-likeness (QED) is 0.330. The fourth-order valence-electron chi connectivity index (χ4n) is 3.69. The monoisotopic (exact) mass is 517 g/mol. The number of H-pyrrole nitrogens is 1. The summed E-state index contributed by atoms with van der Waals surface area (Å²) in [6.45, 7) is 1.44. The van der Waals surface area contributed by atoms with E-state index in [2.05, 4.69) is 4.98 Å². The molecule has 0 saturated carbocycles. The summed E-state index contributed by atoms with van der Waals surface area (Å²) in [6, 6.07) is 13.6. The van der Waals surface area contributed by atoms with Gasteiger partial charge in [-0.3, -0.25) is 14.4 Å². The van der Waals surface area contributed by atoms with Crippen LogP contribution in [-0.4, -0.2) is 26.5 Å². The first-order valence-corrected chi connectivity index (χ1v) is 11.0. The van der Waals surface area contributed by atoms with Crippen molar-refractivity contribution in [2.75, 3.05) is 0 Å². The Bertz CT molecular complexity index is 1520. The largest absolute Gasteiger partial charge is 0.481 e. The maximum absolute atomic E-state index is 13.3. The van der Waals surface area contributed by atoms with Gasteiger partial charge in [0, 0.05) is 30.1 Å². The van der Waals surface area contributed by atoms with E-state index in [0.717, 1.165) is 6.07 Å². The van der Waals surface area contributed by atoms with Crippen molar-refractivity contribution >= 4 is 22.8 Å². The van der Waals surface area contributed by atoms with Crippen LogP contribution in [0.5, 0.6) is 0 Å². The van der Waals surface area contributed by atoms with Gasteiger partial charge in [0.2, 0.25) is 0 Å². The Kier molecular flexibility index (Phi) is 7.85. The van der Waals surface area contributed by atoms with E-state index in [1.54, 1.807) is 24.3 Å². The van der Waals surface area contributed by atoms with Gasteiger partial charge in [-0.25, -0.2) is 4.39 Å². The summed E-state index contributed by atoms with van der Waals surface area (Å²) in [4.78, 5) is 36.3. The Morgan fingerprint density at radius 2 is 1.70 bits per heavy atom. The molecule has 7 nitrogen and oxygen atoms in total. The zero-order valence-electron chi connectivity index (χ0n) is 19.8. The lowest BCUT2D eigenvalue weighted by Crippen LogP contribution is -2.25. The molecule has 0 aliphatic carbocycles. The first-order valence-electron chi connectivity index (χ1n) is 11.0. The number of carbonyl (C=O) groups excluding carboxylic acids is 1. The number of pyridine rings is 1. The standard InChI is InChI=1S/C17H16F3NO3.C9H7FN2O/c1-10-9-13(17(18,19)20)15(16(24)21(10)2)12-6-3-11(4-7-12)5-8-14(22)23;10-7-5-3-1-2-4-6(5)12-8(7)9(11)13/h3-4,6-7,9H,5,8H2,1-2H3,(H,22,23);1-4,12H,(H2,11,13). The van der Waals surface area contributed by atoms with Crippen LogP contribution >= 0.6 is 0 Å². The van der Waals surface area contributed by atoms with E-state index in [1.165, 1.54) is 42.8 Å². The number of carboxylic acids is 1. The number of primary amides is 1. The summed E-state index contributed by atoms with van der Waals surface area (Å²) in [5.74, 6) is -2.32. The van der Waals surface area contributed by atoms with Crippen molar-refractivity contribution in [3.63, 3.8) is 0 Å². The molecule has 1 amide bonds. The Labute approximate surface area is 208 Å². The van der Waals surface area contributed by atoms with E-state index < -0.39 is 40.6 Å². The van der Waals surface area contributed by atoms with Crippen LogP contribution in [0.2, 0.25) is 0 Å². The Morgan fingerprint density at radius 3 is 2.24 bits per heavy atom. The molecule has 4 rings (SSSR count). The summed E-state index contributed by atoms with van der Waals surface area (Å²) in [5.41, 5.74) is 4.34. The molecule has 4 aromatic rings. The van der Waals surface area contributed by atoms with Crippen LogP contribution < -0.4 is 11.3 Å². The average Bonchev–Trinajstić information content (AvgIpc) is 3.18. The van der Waals surface area contributed by atoms with E-state index in [4.69, 9.17) is 10.8 Å². The van der Waals surface area contributed by atoms with E-state index in [1.807, 2.05) is 0 Å². The maximum atomic E-state index is 13.3. The van der Waals surface area contributed by atoms with Gasteiger partial charge in [-0.2, -0.15) is 13.2 Å². The fraction of sp³-hybridized carbons (Fsp3) is 0.192. The normalized spacial score (nSPS) is 11.2. The lowest BCUT2D eigenvalue weighted by molar-refractivity contribution is -0.138. The van der Waals surface area contributed by atoms with Gasteiger partial charge in [0.05, 0.1) is 11.1 Å². The number of nitrogens with one attached hydrogen (secondary N) is 1. The van der Waals surface area contributed by atoms with Gasteiger partial charge in [-0.1, -0.05) is 36.4 Å². The third kappa shape index (κ3) is 6.05. The number of alkyl halides is 3. The highest BCUT2D eigenvalue weighted by Crippen LogP contribution is 2.35. The van der Waals surface area contributed by atoms with Crippen LogP contribution in [0.15, 0.2) is 59.4 Å². The van der Waals surface area contributed by atoms with Crippen molar-refractivity contribution in [1.29, 1.82) is 0 Å². The number of aliphatic carboxylic acids is 1. The number of halogens is 4. The second-order valence-corrected chi connectivity index (χ2v) is 8.25. The summed E-state index contributed by atoms with van der Waals surface area (Å²) < 4.78 is 54.4. The molecule has 0 spiro atoms. The summed E-state index contributed by atoms with van der Waals surface area (Å²) in [7, 11) is 1.42. The molecule has 0 radical (unpaired) electrons. The van der Waals surface area contributed by atoms with Crippen LogP contribution in [0.3, 0.4) is 0 Å². The van der Waals surface area contributed by atoms with Gasteiger partial charge in [0.1, 0.15) is 5.69 Å². The molecule has 4 N–H and O–H groups in total. The first kappa shape index (κ1) is 27.2. The van der Waals surface area contributed by atoms with Crippen molar-refractivity contribution in [3.05, 3.63) is 93.3 Å². The van der Waals surface area contributed by atoms with Crippen molar-refractivity contribution in [3.8, 4) is 11.1 Å². The number of fused-ring (bicyclic) bond motifs is 1. The average molecular weight is 517 g/mol. The molecule has 0 atom stereocenters. The zero-order valence-corrected chi connectivity index (χ0v) is 19.8. The van der Waals surface area contributed by atoms with Crippen molar-refractivity contribution < 1.29 is 32.3 Å². The molecule has 2 aromatic carbocycles. The number of aryl methyl sites for hydroxylation is 2. The molecule has 0 aliphatic heterocycles. The Balaban J connectivity index is 0.000000244. The van der Waals surface area contributed by atoms with Gasteiger partial charge in [-0.15, -0.1) is 0 Å². The smallest absolute Gasteiger partial charge is 0.417 e. The third-order valence-corrected chi connectivity index (χ3v) is 5.73. The predicted molar refractivity (Wildman–Crippen MR) is 130 cm³/mol. The number of amides is 1. The third-order valence-electron chi connectivity index (χ3n) is 5.73. The van der Waals surface area contributed by atoms with Crippen LogP contribution in [-0.2, 0) is 24.4 Å². The van der Waals surface area contributed by atoms with Gasteiger partial charge >= 0.3 is 12.1 Å². The number of hydrogen-bond acceptors (Lipinski definition) is 3. The maximum Gasteiger partial charge on any atom is 0.417 e. The highest BCUT2D eigenvalue weighted by atomic mass is 19.4. The molecular weight excluding hydrogens is 494 g/mol. The molecule has 194 valence electrons. The van der Waals surface area contributed by atoms with Crippen LogP contribution in [0.25, 0.3) is 22.0 Å². The number of aromatic amines is 1. The van der Waals surface area contributed by atoms with E-state index in [0.29, 0.717) is 16.5 Å². The molecule has 0 unspecified atom stereocenters. The van der Waals surface area contributed by atoms with Crippen LogP contribution in [0, 0.1) is 12.7 Å². The fourth-order valence-corrected chi connectivity index (χ4v) is 3.69. The Morgan fingerprint density at radius 1 is 1.08 bits per heavy atom. The van der Waals surface area contributed by atoms with Gasteiger partial charge < -0.3 is 20.4 Å². The number of nitrogens with two attached hydrogens (primary N) is 1. The van der Waals surface area contributed by atoms with Gasteiger partial charge in [0.25, 0.3) is 11.5 Å². The molecule has 0 bridgehead atoms. The molecule has 2 heterocycles. The van der Waals surface area contributed by atoms with Gasteiger partial charge in [-0.05, 0) is 42.7 Å². The molecule has 0 saturated heterocycles.